The molecular weight excluding hydrogens is 242 g/mol. The minimum absolute atomic E-state index is 0.315. The number of nitrogens with zero attached hydrogens (tertiary/aromatic N) is 1. The van der Waals surface area contributed by atoms with Crippen LogP contribution in [0.25, 0.3) is 0 Å². The van der Waals surface area contributed by atoms with Gasteiger partial charge in [-0.1, -0.05) is 37.3 Å². The van der Waals surface area contributed by atoms with Crippen molar-refractivity contribution in [1.82, 2.24) is 4.98 Å². The van der Waals surface area contributed by atoms with Gasteiger partial charge in [-0.2, -0.15) is 0 Å². The molecule has 2 aromatic rings. The number of aryl methyl sites for hydroxylation is 1. The van der Waals surface area contributed by atoms with Crippen LogP contribution in [-0.4, -0.2) is 9.97 Å². The number of pyridine rings is 1. The van der Waals surface area contributed by atoms with Crippen molar-refractivity contribution in [2.45, 2.75) is 13.3 Å². The van der Waals surface area contributed by atoms with E-state index >= 15 is 0 Å². The fraction of sp³-hybridized carbons (Fsp3) is 0.143. The Morgan fingerprint density at radius 2 is 2.06 bits per heavy atom. The number of nitrogens with one attached hydrogen (secondary N) is 1. The minimum atomic E-state index is 0.315. The van der Waals surface area contributed by atoms with E-state index in [4.69, 9.17) is 18.0 Å². The second-order valence-corrected chi connectivity index (χ2v) is 4.37. The van der Waals surface area contributed by atoms with Gasteiger partial charge in [-0.25, -0.2) is 0 Å². The van der Waals surface area contributed by atoms with Crippen LogP contribution in [0.1, 0.15) is 18.2 Å². The predicted molar refractivity (Wildman–Crippen MR) is 79.2 cm³/mol. The fourth-order valence-corrected chi connectivity index (χ4v) is 1.84. The van der Waals surface area contributed by atoms with Gasteiger partial charge in [-0.05, 0) is 30.2 Å². The van der Waals surface area contributed by atoms with Crippen molar-refractivity contribution >= 4 is 28.6 Å². The van der Waals surface area contributed by atoms with Crippen LogP contribution in [0.4, 0.5) is 11.4 Å². The molecule has 0 atom stereocenters. The SMILES string of the molecule is CCc1ccccc1Nc1ccc(C(N)=S)nc1. The lowest BCUT2D eigenvalue weighted by Gasteiger charge is -2.10. The first-order valence-electron chi connectivity index (χ1n) is 5.81. The van der Waals surface area contributed by atoms with Gasteiger partial charge in [0.25, 0.3) is 0 Å². The molecule has 0 fully saturated rings. The summed E-state index contributed by atoms with van der Waals surface area (Å²) in [4.78, 5) is 4.52. The molecule has 1 heterocycles. The first-order valence-corrected chi connectivity index (χ1v) is 6.22. The van der Waals surface area contributed by atoms with Crippen molar-refractivity contribution in [1.29, 1.82) is 0 Å². The summed E-state index contributed by atoms with van der Waals surface area (Å²) in [5, 5.41) is 3.34. The van der Waals surface area contributed by atoms with E-state index in [1.807, 2.05) is 24.3 Å². The molecule has 92 valence electrons. The summed E-state index contributed by atoms with van der Waals surface area (Å²) in [5.41, 5.74) is 9.45. The number of anilines is 2. The molecule has 3 N–H and O–H groups in total. The standard InChI is InChI=1S/C14H15N3S/c1-2-10-5-3-4-6-12(10)17-11-7-8-13(14(15)18)16-9-11/h3-9,17H,2H2,1H3,(H2,15,18). The lowest BCUT2D eigenvalue weighted by molar-refractivity contribution is 1.14. The smallest absolute Gasteiger partial charge is 0.122 e. The number of thiocarbonyl (C=S) groups is 1. The molecule has 0 bridgehead atoms. The molecule has 0 radical (unpaired) electrons. The Morgan fingerprint density at radius 1 is 1.28 bits per heavy atom. The van der Waals surface area contributed by atoms with Crippen LogP contribution in [0, 0.1) is 0 Å². The Bertz CT molecular complexity index is 549. The van der Waals surface area contributed by atoms with Crippen LogP contribution >= 0.6 is 12.2 Å². The van der Waals surface area contributed by atoms with Gasteiger partial charge in [0.1, 0.15) is 4.99 Å². The van der Waals surface area contributed by atoms with Crippen molar-refractivity contribution in [2.75, 3.05) is 5.32 Å². The van der Waals surface area contributed by atoms with Crippen molar-refractivity contribution in [2.24, 2.45) is 5.73 Å². The highest BCUT2D eigenvalue weighted by molar-refractivity contribution is 7.80. The number of hydrogen-bond donors (Lipinski definition) is 2. The molecule has 0 saturated heterocycles. The van der Waals surface area contributed by atoms with Crippen molar-refractivity contribution in [3.8, 4) is 0 Å². The van der Waals surface area contributed by atoms with E-state index in [1.165, 1.54) is 5.56 Å². The molecule has 4 heteroatoms. The third-order valence-electron chi connectivity index (χ3n) is 2.69. The van der Waals surface area contributed by atoms with Crippen LogP contribution in [0.5, 0.6) is 0 Å². The zero-order chi connectivity index (χ0) is 13.0. The lowest BCUT2D eigenvalue weighted by Crippen LogP contribution is -2.11. The quantitative estimate of drug-likeness (QED) is 0.827. The van der Waals surface area contributed by atoms with Crippen LogP contribution < -0.4 is 11.1 Å². The van der Waals surface area contributed by atoms with Crippen LogP contribution in [0.2, 0.25) is 0 Å². The summed E-state index contributed by atoms with van der Waals surface area (Å²) in [6.45, 7) is 2.13. The van der Waals surface area contributed by atoms with Gasteiger partial charge in [0.15, 0.2) is 0 Å². The summed E-state index contributed by atoms with van der Waals surface area (Å²) in [7, 11) is 0. The molecule has 0 amide bonds. The maximum atomic E-state index is 5.51. The normalized spacial score (nSPS) is 10.1. The molecule has 2 rings (SSSR count). The minimum Gasteiger partial charge on any atom is -0.388 e. The van der Waals surface area contributed by atoms with Gasteiger partial charge in [-0.3, -0.25) is 4.98 Å². The molecule has 0 unspecified atom stereocenters. The van der Waals surface area contributed by atoms with E-state index in [0.717, 1.165) is 17.8 Å². The first-order chi connectivity index (χ1) is 8.70. The van der Waals surface area contributed by atoms with E-state index in [1.54, 1.807) is 6.20 Å². The summed E-state index contributed by atoms with van der Waals surface area (Å²) < 4.78 is 0. The highest BCUT2D eigenvalue weighted by Crippen LogP contribution is 2.20. The van der Waals surface area contributed by atoms with Crippen molar-refractivity contribution < 1.29 is 0 Å². The largest absolute Gasteiger partial charge is 0.388 e. The van der Waals surface area contributed by atoms with E-state index in [0.29, 0.717) is 10.7 Å². The van der Waals surface area contributed by atoms with Gasteiger partial charge < -0.3 is 11.1 Å². The maximum Gasteiger partial charge on any atom is 0.122 e. The van der Waals surface area contributed by atoms with E-state index in [2.05, 4.69) is 29.4 Å². The molecule has 0 aliphatic heterocycles. The zero-order valence-electron chi connectivity index (χ0n) is 10.2. The maximum absolute atomic E-state index is 5.51. The highest BCUT2D eigenvalue weighted by Gasteiger charge is 2.01. The predicted octanol–water partition coefficient (Wildman–Crippen LogP) is 3.02. The van der Waals surface area contributed by atoms with Crippen LogP contribution in [0.15, 0.2) is 42.6 Å². The molecule has 1 aromatic carbocycles. The van der Waals surface area contributed by atoms with Gasteiger partial charge in [0.2, 0.25) is 0 Å². The number of aromatic nitrogens is 1. The summed E-state index contributed by atoms with van der Waals surface area (Å²) >= 11 is 4.87. The first kappa shape index (κ1) is 12.5. The van der Waals surface area contributed by atoms with Crippen LogP contribution in [-0.2, 0) is 6.42 Å². The lowest BCUT2D eigenvalue weighted by atomic mass is 10.1. The van der Waals surface area contributed by atoms with E-state index in [-0.39, 0.29) is 0 Å². The summed E-state index contributed by atoms with van der Waals surface area (Å²) in [6, 6.07) is 12.0. The van der Waals surface area contributed by atoms with Crippen molar-refractivity contribution in [3.63, 3.8) is 0 Å². The average Bonchev–Trinajstić information content (AvgIpc) is 2.40. The second-order valence-electron chi connectivity index (χ2n) is 3.93. The van der Waals surface area contributed by atoms with Crippen LogP contribution in [0.3, 0.4) is 0 Å². The number of para-hydroxylation sites is 1. The monoisotopic (exact) mass is 257 g/mol. The topological polar surface area (TPSA) is 50.9 Å². The number of hydrogen-bond acceptors (Lipinski definition) is 3. The average molecular weight is 257 g/mol. The number of rotatable bonds is 4. The Kier molecular flexibility index (Phi) is 3.89. The Hall–Kier alpha value is -1.94. The number of nitrogens with two attached hydrogens (primary N) is 1. The highest BCUT2D eigenvalue weighted by atomic mass is 32.1. The molecule has 18 heavy (non-hydrogen) atoms. The molecule has 3 nitrogen and oxygen atoms in total. The van der Waals surface area contributed by atoms with E-state index < -0.39 is 0 Å². The Morgan fingerprint density at radius 3 is 2.67 bits per heavy atom. The molecule has 0 spiro atoms. The Labute approximate surface area is 112 Å². The molecule has 1 aromatic heterocycles. The zero-order valence-corrected chi connectivity index (χ0v) is 11.0. The molecule has 0 aliphatic carbocycles. The second kappa shape index (κ2) is 5.60. The number of benzene rings is 1. The Balaban J connectivity index is 2.21. The molecule has 0 saturated carbocycles. The van der Waals surface area contributed by atoms with Gasteiger partial charge >= 0.3 is 0 Å². The molecule has 0 aliphatic rings. The van der Waals surface area contributed by atoms with Crippen molar-refractivity contribution in [3.05, 3.63) is 53.9 Å². The van der Waals surface area contributed by atoms with Gasteiger partial charge in [0.05, 0.1) is 17.6 Å². The summed E-state index contributed by atoms with van der Waals surface area (Å²) in [5.74, 6) is 0. The molecular formula is C14H15N3S. The summed E-state index contributed by atoms with van der Waals surface area (Å²) in [6.07, 6.45) is 2.72. The third kappa shape index (κ3) is 2.84. The van der Waals surface area contributed by atoms with E-state index in [9.17, 15) is 0 Å². The van der Waals surface area contributed by atoms with Gasteiger partial charge in [-0.15, -0.1) is 0 Å². The fourth-order valence-electron chi connectivity index (χ4n) is 1.72. The van der Waals surface area contributed by atoms with Gasteiger partial charge in [0, 0.05) is 5.69 Å². The third-order valence-corrected chi connectivity index (χ3v) is 2.90.